The molecule has 11 heteroatoms. The standard InChI is InChI=1S/C21H25N5O5S/c1-11(2)17-23-18-16(20(28)26(4)21(29)25(18)3)19(24-17)32-10-15(27)22-13-8-7-12(30-5)9-14(13)31-6/h7-9,11,16H,10H2,1-6H3/p+1. The molecule has 1 N–H and O–H groups in total. The Morgan fingerprint density at radius 3 is 2.59 bits per heavy atom. The first-order valence-corrected chi connectivity index (χ1v) is 10.9. The fraction of sp³-hybridized carbons (Fsp3) is 0.429. The van der Waals surface area contributed by atoms with Gasteiger partial charge in [0.2, 0.25) is 11.7 Å². The molecule has 3 rings (SSSR count). The molecule has 1 aromatic rings. The van der Waals surface area contributed by atoms with E-state index in [2.05, 4.69) is 15.3 Å². The Bertz CT molecular complexity index is 1060. The van der Waals surface area contributed by atoms with Crippen molar-refractivity contribution in [2.24, 2.45) is 21.8 Å². The van der Waals surface area contributed by atoms with Crippen LogP contribution in [-0.2, 0) is 9.59 Å². The molecule has 2 heterocycles. The van der Waals surface area contributed by atoms with Crippen LogP contribution < -0.4 is 14.8 Å². The predicted octanol–water partition coefficient (Wildman–Crippen LogP) is 2.09. The number of ether oxygens (including phenoxy) is 2. The number of hydrogen-bond acceptors (Lipinski definition) is 8. The lowest BCUT2D eigenvalue weighted by atomic mass is 10.0. The van der Waals surface area contributed by atoms with E-state index in [-0.39, 0.29) is 17.6 Å². The number of carbonyl (C=O) groups is 3. The van der Waals surface area contributed by atoms with Crippen molar-refractivity contribution in [2.45, 2.75) is 13.8 Å². The van der Waals surface area contributed by atoms with E-state index in [1.165, 1.54) is 18.7 Å². The zero-order valence-corrected chi connectivity index (χ0v) is 19.6. The number of thioether (sulfide) groups is 1. The average Bonchev–Trinajstić information content (AvgIpc) is 2.79. The number of aliphatic imine (C=N–C) groups is 2. The molecule has 4 amide bonds. The minimum Gasteiger partial charge on any atom is -0.497 e. The summed E-state index contributed by atoms with van der Waals surface area (Å²) in [6.07, 6.45) is 0. The van der Waals surface area contributed by atoms with Crippen molar-refractivity contribution >= 4 is 52.0 Å². The summed E-state index contributed by atoms with van der Waals surface area (Å²) in [5.74, 6) is 0.366. The molecule has 2 aliphatic rings. The Morgan fingerprint density at radius 1 is 1.25 bits per heavy atom. The number of amides is 4. The molecule has 0 fully saturated rings. The third-order valence-corrected chi connectivity index (χ3v) is 6.03. The van der Waals surface area contributed by atoms with Gasteiger partial charge in [-0.1, -0.05) is 30.6 Å². The van der Waals surface area contributed by atoms with E-state index in [1.54, 1.807) is 32.4 Å². The number of hydrogen-bond donors (Lipinski definition) is 1. The van der Waals surface area contributed by atoms with Crippen LogP contribution in [0.2, 0.25) is 0 Å². The lowest BCUT2D eigenvalue weighted by molar-refractivity contribution is -0.407. The van der Waals surface area contributed by atoms with Gasteiger partial charge in [0.15, 0.2) is 5.92 Å². The van der Waals surface area contributed by atoms with E-state index in [0.29, 0.717) is 33.9 Å². The number of nitrogens with zero attached hydrogens (tertiary/aromatic N) is 4. The van der Waals surface area contributed by atoms with Crippen LogP contribution in [0.3, 0.4) is 0 Å². The maximum absolute atomic E-state index is 12.8. The van der Waals surface area contributed by atoms with Crippen LogP contribution in [0.4, 0.5) is 10.5 Å². The molecule has 10 nitrogen and oxygen atoms in total. The van der Waals surface area contributed by atoms with E-state index in [9.17, 15) is 14.4 Å². The van der Waals surface area contributed by atoms with Gasteiger partial charge in [-0.15, -0.1) is 0 Å². The van der Waals surface area contributed by atoms with Crippen LogP contribution in [0.25, 0.3) is 0 Å². The van der Waals surface area contributed by atoms with Crippen LogP contribution >= 0.6 is 11.8 Å². The second-order valence-electron chi connectivity index (χ2n) is 7.51. The summed E-state index contributed by atoms with van der Waals surface area (Å²) in [6, 6.07) is 4.62. The summed E-state index contributed by atoms with van der Waals surface area (Å²) < 4.78 is 11.8. The topological polar surface area (TPSA) is 113 Å². The predicted molar refractivity (Wildman–Crippen MR) is 123 cm³/mol. The van der Waals surface area contributed by atoms with Crippen molar-refractivity contribution in [1.29, 1.82) is 0 Å². The number of urea groups is 1. The van der Waals surface area contributed by atoms with Gasteiger partial charge in [0.25, 0.3) is 5.84 Å². The minimum atomic E-state index is -0.821. The highest BCUT2D eigenvalue weighted by molar-refractivity contribution is 8.14. The van der Waals surface area contributed by atoms with Crippen molar-refractivity contribution in [3.8, 4) is 11.5 Å². The zero-order chi connectivity index (χ0) is 23.6. The number of methoxy groups -OCH3 is 2. The van der Waals surface area contributed by atoms with Crippen molar-refractivity contribution in [3.63, 3.8) is 0 Å². The van der Waals surface area contributed by atoms with Crippen molar-refractivity contribution in [1.82, 2.24) is 4.90 Å². The first-order valence-electron chi connectivity index (χ1n) is 9.91. The SMILES string of the molecule is COc1ccc(NC(=O)CSC2=NC(C(C)C)=NC3=[N+](C)C(=O)N(C)C(=O)C23)c(OC)c1. The zero-order valence-electron chi connectivity index (χ0n) is 18.8. The third-order valence-electron chi connectivity index (χ3n) is 5.00. The maximum Gasteiger partial charge on any atom is 0.445 e. The van der Waals surface area contributed by atoms with Gasteiger partial charge in [-0.25, -0.2) is 9.79 Å². The van der Waals surface area contributed by atoms with Gasteiger partial charge >= 0.3 is 11.9 Å². The van der Waals surface area contributed by atoms with Gasteiger partial charge in [-0.05, 0) is 12.1 Å². The largest absolute Gasteiger partial charge is 0.497 e. The molecule has 0 aliphatic carbocycles. The number of benzene rings is 1. The van der Waals surface area contributed by atoms with Gasteiger partial charge in [0, 0.05) is 12.0 Å². The van der Waals surface area contributed by atoms with E-state index >= 15 is 0 Å². The second-order valence-corrected chi connectivity index (χ2v) is 8.50. The van der Waals surface area contributed by atoms with Crippen LogP contribution in [0, 0.1) is 11.8 Å². The molecule has 0 radical (unpaired) electrons. The second kappa shape index (κ2) is 9.51. The van der Waals surface area contributed by atoms with E-state index in [4.69, 9.17) is 9.47 Å². The molecule has 1 atom stereocenters. The van der Waals surface area contributed by atoms with Crippen molar-refractivity contribution < 1.29 is 28.4 Å². The van der Waals surface area contributed by atoms with E-state index < -0.39 is 17.9 Å². The van der Waals surface area contributed by atoms with Crippen LogP contribution in [0.5, 0.6) is 11.5 Å². The molecular weight excluding hydrogens is 434 g/mol. The molecule has 0 saturated carbocycles. The third kappa shape index (κ3) is 4.52. The van der Waals surface area contributed by atoms with Crippen molar-refractivity contribution in [2.75, 3.05) is 39.4 Å². The number of carbonyl (C=O) groups excluding carboxylic acids is 3. The Hall–Kier alpha value is -3.21. The Balaban J connectivity index is 1.81. The fourth-order valence-electron chi connectivity index (χ4n) is 3.19. The number of anilines is 1. The smallest absolute Gasteiger partial charge is 0.445 e. The fourth-order valence-corrected chi connectivity index (χ4v) is 4.07. The summed E-state index contributed by atoms with van der Waals surface area (Å²) in [7, 11) is 6.04. The van der Waals surface area contributed by atoms with Gasteiger partial charge in [0.1, 0.15) is 16.5 Å². The molecule has 1 aromatic carbocycles. The number of amidine groups is 2. The highest BCUT2D eigenvalue weighted by Crippen LogP contribution is 2.30. The molecule has 0 spiro atoms. The normalized spacial score (nSPS) is 18.3. The lowest BCUT2D eigenvalue weighted by Crippen LogP contribution is -2.55. The summed E-state index contributed by atoms with van der Waals surface area (Å²) in [4.78, 5) is 47.9. The van der Waals surface area contributed by atoms with E-state index in [1.807, 2.05) is 13.8 Å². The number of imide groups is 1. The van der Waals surface area contributed by atoms with Gasteiger partial charge in [-0.2, -0.15) is 9.48 Å². The van der Waals surface area contributed by atoms with Crippen molar-refractivity contribution in [3.05, 3.63) is 18.2 Å². The summed E-state index contributed by atoms with van der Waals surface area (Å²) in [5, 5.41) is 3.24. The molecule has 0 saturated heterocycles. The average molecular weight is 461 g/mol. The molecule has 0 bridgehead atoms. The summed E-state index contributed by atoms with van der Waals surface area (Å²) in [6.45, 7) is 3.85. The number of rotatable bonds is 6. The first-order chi connectivity index (χ1) is 15.2. The maximum atomic E-state index is 12.8. The lowest BCUT2D eigenvalue weighted by Gasteiger charge is -2.26. The van der Waals surface area contributed by atoms with Crippen LogP contribution in [0.1, 0.15) is 13.8 Å². The first kappa shape index (κ1) is 23.5. The van der Waals surface area contributed by atoms with Crippen LogP contribution in [0.15, 0.2) is 28.2 Å². The molecule has 2 aliphatic heterocycles. The molecule has 32 heavy (non-hydrogen) atoms. The molecular formula is C21H26N5O5S+. The Kier molecular flexibility index (Phi) is 6.97. The van der Waals surface area contributed by atoms with Gasteiger partial charge < -0.3 is 14.8 Å². The summed E-state index contributed by atoms with van der Waals surface area (Å²) >= 11 is 1.15. The summed E-state index contributed by atoms with van der Waals surface area (Å²) in [5.41, 5.74) is 0.500. The van der Waals surface area contributed by atoms with E-state index in [0.717, 1.165) is 16.7 Å². The quantitative estimate of drug-likeness (QED) is 0.651. The molecule has 0 aromatic heterocycles. The highest BCUT2D eigenvalue weighted by Gasteiger charge is 2.49. The van der Waals surface area contributed by atoms with Gasteiger partial charge in [0.05, 0.1) is 39.8 Å². The number of fused-ring (bicyclic) bond motifs is 1. The number of nitrogens with one attached hydrogen (secondary N) is 1. The van der Waals surface area contributed by atoms with Crippen LogP contribution in [-0.4, -0.2) is 78.1 Å². The monoisotopic (exact) mass is 460 g/mol. The Labute approximate surface area is 190 Å². The Morgan fingerprint density at radius 2 is 1.97 bits per heavy atom. The minimum absolute atomic E-state index is 0.0117. The molecule has 170 valence electrons. The highest BCUT2D eigenvalue weighted by atomic mass is 32.2. The molecule has 1 unspecified atom stereocenters. The van der Waals surface area contributed by atoms with Gasteiger partial charge in [-0.3, -0.25) is 9.59 Å².